The monoisotopic (exact) mass is 317 g/mol. The Bertz CT molecular complexity index is 674. The first-order valence-electron chi connectivity index (χ1n) is 8.44. The topological polar surface area (TPSA) is 74.1 Å². The predicted octanol–water partition coefficient (Wildman–Crippen LogP) is 1.85. The van der Waals surface area contributed by atoms with Gasteiger partial charge in [0.05, 0.1) is 37.5 Å². The second-order valence-electron chi connectivity index (χ2n) is 6.37. The van der Waals surface area contributed by atoms with Gasteiger partial charge in [0, 0.05) is 19.5 Å². The smallest absolute Gasteiger partial charge is 0.163 e. The molecule has 0 amide bonds. The second-order valence-corrected chi connectivity index (χ2v) is 6.37. The Labute approximate surface area is 135 Å². The van der Waals surface area contributed by atoms with Crippen LogP contribution in [0.4, 0.5) is 5.82 Å². The Morgan fingerprint density at radius 3 is 2.91 bits per heavy atom. The van der Waals surface area contributed by atoms with E-state index in [1.54, 1.807) is 0 Å². The highest BCUT2D eigenvalue weighted by molar-refractivity contribution is 5.86. The molecule has 2 aliphatic rings. The van der Waals surface area contributed by atoms with Gasteiger partial charge in [-0.25, -0.2) is 9.97 Å². The highest BCUT2D eigenvalue weighted by atomic mass is 16.6. The van der Waals surface area contributed by atoms with Crippen molar-refractivity contribution in [3.05, 3.63) is 12.0 Å². The Morgan fingerprint density at radius 2 is 2.13 bits per heavy atom. The average molecular weight is 317 g/mol. The summed E-state index contributed by atoms with van der Waals surface area (Å²) in [4.78, 5) is 9.57. The molecule has 0 spiro atoms. The van der Waals surface area contributed by atoms with E-state index in [9.17, 15) is 0 Å². The quantitative estimate of drug-likeness (QED) is 0.927. The molecule has 2 fully saturated rings. The lowest BCUT2D eigenvalue weighted by Crippen LogP contribution is -2.34. The van der Waals surface area contributed by atoms with Crippen LogP contribution < -0.4 is 5.32 Å². The summed E-state index contributed by atoms with van der Waals surface area (Å²) in [5, 5.41) is 8.73. The third kappa shape index (κ3) is 3.03. The van der Waals surface area contributed by atoms with Gasteiger partial charge in [0.1, 0.15) is 11.6 Å². The van der Waals surface area contributed by atoms with E-state index >= 15 is 0 Å². The minimum absolute atomic E-state index is 0.0698. The fraction of sp³-hybridized carbons (Fsp3) is 0.688. The van der Waals surface area contributed by atoms with Gasteiger partial charge in [-0.2, -0.15) is 5.10 Å². The van der Waals surface area contributed by atoms with Crippen molar-refractivity contribution in [2.75, 3.05) is 31.7 Å². The summed E-state index contributed by atoms with van der Waals surface area (Å²) in [6.07, 6.45) is 6.81. The number of rotatable bonds is 4. The van der Waals surface area contributed by atoms with Crippen molar-refractivity contribution in [2.45, 2.75) is 37.7 Å². The van der Waals surface area contributed by atoms with Crippen molar-refractivity contribution in [3.63, 3.8) is 0 Å². The SMILES string of the molecule is Cn1ncc2c(NC[C@H]3COCCO3)nc(C3CCCC3)nc21. The zero-order valence-electron chi connectivity index (χ0n) is 13.5. The Balaban J connectivity index is 1.60. The van der Waals surface area contributed by atoms with Crippen LogP contribution in [0.5, 0.6) is 0 Å². The van der Waals surface area contributed by atoms with Crippen LogP contribution in [-0.2, 0) is 16.5 Å². The van der Waals surface area contributed by atoms with Crippen LogP contribution in [0.15, 0.2) is 6.20 Å². The van der Waals surface area contributed by atoms with Gasteiger partial charge in [-0.15, -0.1) is 0 Å². The van der Waals surface area contributed by atoms with Crippen LogP contribution in [0.3, 0.4) is 0 Å². The molecule has 7 nitrogen and oxygen atoms in total. The molecule has 0 radical (unpaired) electrons. The van der Waals surface area contributed by atoms with Crippen LogP contribution in [0.25, 0.3) is 11.0 Å². The number of ether oxygens (including phenoxy) is 2. The van der Waals surface area contributed by atoms with E-state index in [1.165, 1.54) is 25.7 Å². The van der Waals surface area contributed by atoms with E-state index in [-0.39, 0.29) is 6.10 Å². The van der Waals surface area contributed by atoms with Crippen LogP contribution in [0, 0.1) is 0 Å². The maximum Gasteiger partial charge on any atom is 0.163 e. The van der Waals surface area contributed by atoms with Gasteiger partial charge in [-0.3, -0.25) is 4.68 Å². The van der Waals surface area contributed by atoms with E-state index in [0.29, 0.717) is 32.3 Å². The van der Waals surface area contributed by atoms with Crippen molar-refractivity contribution >= 4 is 16.9 Å². The molecule has 124 valence electrons. The predicted molar refractivity (Wildman–Crippen MR) is 86.6 cm³/mol. The zero-order chi connectivity index (χ0) is 15.6. The molecule has 1 N–H and O–H groups in total. The number of nitrogens with zero attached hydrogens (tertiary/aromatic N) is 4. The molecule has 7 heteroatoms. The maximum atomic E-state index is 5.70. The van der Waals surface area contributed by atoms with Crippen molar-refractivity contribution < 1.29 is 9.47 Å². The van der Waals surface area contributed by atoms with Gasteiger partial charge in [0.15, 0.2) is 5.65 Å². The van der Waals surface area contributed by atoms with Gasteiger partial charge in [-0.1, -0.05) is 12.8 Å². The molecule has 1 atom stereocenters. The Morgan fingerprint density at radius 1 is 1.26 bits per heavy atom. The van der Waals surface area contributed by atoms with Crippen molar-refractivity contribution in [1.82, 2.24) is 19.7 Å². The van der Waals surface area contributed by atoms with E-state index in [2.05, 4.69) is 10.4 Å². The van der Waals surface area contributed by atoms with E-state index < -0.39 is 0 Å². The second kappa shape index (κ2) is 6.41. The number of aromatic nitrogens is 4. The molecule has 1 aliphatic carbocycles. The molecule has 0 unspecified atom stereocenters. The molecule has 4 rings (SSSR count). The molecule has 0 aromatic carbocycles. The number of nitrogens with one attached hydrogen (secondary N) is 1. The minimum atomic E-state index is 0.0698. The fourth-order valence-corrected chi connectivity index (χ4v) is 3.41. The lowest BCUT2D eigenvalue weighted by Gasteiger charge is -2.23. The van der Waals surface area contributed by atoms with Gasteiger partial charge < -0.3 is 14.8 Å². The summed E-state index contributed by atoms with van der Waals surface area (Å²) in [5.41, 5.74) is 0.894. The molecule has 3 heterocycles. The van der Waals surface area contributed by atoms with Gasteiger partial charge in [0.25, 0.3) is 0 Å². The first-order chi connectivity index (χ1) is 11.3. The summed E-state index contributed by atoms with van der Waals surface area (Å²) in [5.74, 6) is 2.28. The first-order valence-corrected chi connectivity index (χ1v) is 8.44. The van der Waals surface area contributed by atoms with Crippen LogP contribution in [-0.4, -0.2) is 52.2 Å². The molecule has 0 bridgehead atoms. The van der Waals surface area contributed by atoms with E-state index in [1.807, 2.05) is 17.9 Å². The summed E-state index contributed by atoms with van der Waals surface area (Å²) in [6, 6.07) is 0. The highest BCUT2D eigenvalue weighted by Gasteiger charge is 2.23. The summed E-state index contributed by atoms with van der Waals surface area (Å²) >= 11 is 0. The Kier molecular flexibility index (Phi) is 4.13. The minimum Gasteiger partial charge on any atom is -0.376 e. The average Bonchev–Trinajstić information content (AvgIpc) is 3.24. The largest absolute Gasteiger partial charge is 0.376 e. The van der Waals surface area contributed by atoms with Gasteiger partial charge in [0.2, 0.25) is 0 Å². The maximum absolute atomic E-state index is 5.70. The van der Waals surface area contributed by atoms with Crippen molar-refractivity contribution in [2.24, 2.45) is 7.05 Å². The number of anilines is 1. The molecular weight excluding hydrogens is 294 g/mol. The van der Waals surface area contributed by atoms with E-state index in [4.69, 9.17) is 19.4 Å². The van der Waals surface area contributed by atoms with Crippen molar-refractivity contribution in [3.8, 4) is 0 Å². The summed E-state index contributed by atoms with van der Waals surface area (Å²) in [6.45, 7) is 2.66. The number of hydrogen-bond donors (Lipinski definition) is 1. The molecule has 2 aromatic heterocycles. The standard InChI is InChI=1S/C16H23N5O2/c1-21-16-13(9-18-21)15(17-8-12-10-22-6-7-23-12)19-14(20-16)11-4-2-3-5-11/h9,11-12H,2-8,10H2,1H3,(H,17,19,20)/t12-/m0/s1. The van der Waals surface area contributed by atoms with Gasteiger partial charge in [-0.05, 0) is 12.8 Å². The third-order valence-corrected chi connectivity index (χ3v) is 4.71. The first kappa shape index (κ1) is 14.8. The lowest BCUT2D eigenvalue weighted by atomic mass is 10.1. The van der Waals surface area contributed by atoms with E-state index in [0.717, 1.165) is 22.7 Å². The van der Waals surface area contributed by atoms with Crippen LogP contribution >= 0.6 is 0 Å². The molecule has 2 aromatic rings. The van der Waals surface area contributed by atoms with Crippen LogP contribution in [0.2, 0.25) is 0 Å². The molecule has 1 aliphatic heterocycles. The molecule has 1 saturated carbocycles. The van der Waals surface area contributed by atoms with Gasteiger partial charge >= 0.3 is 0 Å². The summed E-state index contributed by atoms with van der Waals surface area (Å²) in [7, 11) is 1.93. The molecule has 1 saturated heterocycles. The summed E-state index contributed by atoms with van der Waals surface area (Å²) < 4.78 is 13.0. The molecule has 23 heavy (non-hydrogen) atoms. The normalized spacial score (nSPS) is 22.7. The third-order valence-electron chi connectivity index (χ3n) is 4.71. The number of hydrogen-bond acceptors (Lipinski definition) is 6. The van der Waals surface area contributed by atoms with Crippen molar-refractivity contribution in [1.29, 1.82) is 0 Å². The fourth-order valence-electron chi connectivity index (χ4n) is 3.41. The number of aryl methyl sites for hydroxylation is 1. The van der Waals surface area contributed by atoms with Crippen LogP contribution in [0.1, 0.15) is 37.4 Å². The molecular formula is C16H23N5O2. The highest BCUT2D eigenvalue weighted by Crippen LogP contribution is 2.34. The zero-order valence-corrected chi connectivity index (χ0v) is 13.5. The lowest BCUT2D eigenvalue weighted by molar-refractivity contribution is -0.0819. The number of fused-ring (bicyclic) bond motifs is 1. The Hall–Kier alpha value is -1.73.